The molecule has 1 aromatic rings. The lowest BCUT2D eigenvalue weighted by atomic mass is 10.0. The standard InChI is InChI=1S/C11H17N3O3/c1-2-17-7-3-4-8-10(14(15)16)6-5-9(12)11(8)13/h5-6H,2-4,7,12-13H2,1H3. The molecule has 0 bridgehead atoms. The van der Waals surface area contributed by atoms with E-state index in [1.165, 1.54) is 12.1 Å². The van der Waals surface area contributed by atoms with Gasteiger partial charge in [0.15, 0.2) is 0 Å². The fourth-order valence-electron chi connectivity index (χ4n) is 1.60. The van der Waals surface area contributed by atoms with E-state index in [9.17, 15) is 10.1 Å². The highest BCUT2D eigenvalue weighted by molar-refractivity contribution is 5.72. The molecule has 0 saturated carbocycles. The molecule has 17 heavy (non-hydrogen) atoms. The molecule has 1 aromatic carbocycles. The third-order valence-electron chi connectivity index (χ3n) is 2.48. The molecule has 0 unspecified atom stereocenters. The molecule has 0 atom stereocenters. The van der Waals surface area contributed by atoms with Crippen LogP contribution in [0.5, 0.6) is 0 Å². The smallest absolute Gasteiger partial charge is 0.274 e. The predicted octanol–water partition coefficient (Wildman–Crippen LogP) is 1.73. The van der Waals surface area contributed by atoms with E-state index in [4.69, 9.17) is 16.2 Å². The number of rotatable bonds is 6. The van der Waals surface area contributed by atoms with Crippen molar-refractivity contribution in [3.8, 4) is 0 Å². The Labute approximate surface area is 99.7 Å². The van der Waals surface area contributed by atoms with Crippen LogP contribution in [0.2, 0.25) is 0 Å². The molecule has 0 aromatic heterocycles. The maximum atomic E-state index is 10.9. The molecule has 6 nitrogen and oxygen atoms in total. The van der Waals surface area contributed by atoms with Gasteiger partial charge in [-0.1, -0.05) is 0 Å². The molecule has 0 aliphatic heterocycles. The molecule has 0 spiro atoms. The van der Waals surface area contributed by atoms with E-state index in [2.05, 4.69) is 0 Å². The van der Waals surface area contributed by atoms with E-state index < -0.39 is 4.92 Å². The van der Waals surface area contributed by atoms with Crippen molar-refractivity contribution in [2.45, 2.75) is 19.8 Å². The first-order chi connectivity index (χ1) is 8.07. The number of nitrogens with two attached hydrogens (primary N) is 2. The van der Waals surface area contributed by atoms with Crippen LogP contribution in [0.25, 0.3) is 0 Å². The predicted molar refractivity (Wildman–Crippen MR) is 66.7 cm³/mol. The SMILES string of the molecule is CCOCCCc1c([N+](=O)[O-])ccc(N)c1N. The Morgan fingerprint density at radius 2 is 2.12 bits per heavy atom. The summed E-state index contributed by atoms with van der Waals surface area (Å²) in [5.41, 5.74) is 12.6. The summed E-state index contributed by atoms with van der Waals surface area (Å²) in [5.74, 6) is 0. The topological polar surface area (TPSA) is 104 Å². The van der Waals surface area contributed by atoms with Crippen LogP contribution in [-0.2, 0) is 11.2 Å². The van der Waals surface area contributed by atoms with Crippen LogP contribution in [0.1, 0.15) is 18.9 Å². The van der Waals surface area contributed by atoms with Crippen LogP contribution in [0, 0.1) is 10.1 Å². The van der Waals surface area contributed by atoms with Gasteiger partial charge >= 0.3 is 0 Å². The maximum Gasteiger partial charge on any atom is 0.274 e. The average molecular weight is 239 g/mol. The zero-order chi connectivity index (χ0) is 12.8. The second-order valence-corrected chi connectivity index (χ2v) is 3.62. The van der Waals surface area contributed by atoms with Crippen LogP contribution in [0.3, 0.4) is 0 Å². The Bertz CT molecular complexity index is 407. The number of nitrogen functional groups attached to an aromatic ring is 2. The Hall–Kier alpha value is -1.82. The zero-order valence-corrected chi connectivity index (χ0v) is 9.81. The quantitative estimate of drug-likeness (QED) is 0.340. The number of nitrogens with zero attached hydrogens (tertiary/aromatic N) is 1. The van der Waals surface area contributed by atoms with Gasteiger partial charge in [-0.25, -0.2) is 0 Å². The van der Waals surface area contributed by atoms with Gasteiger partial charge in [-0.3, -0.25) is 10.1 Å². The molecular weight excluding hydrogens is 222 g/mol. The van der Waals surface area contributed by atoms with Gasteiger partial charge in [-0.05, 0) is 25.8 Å². The minimum Gasteiger partial charge on any atom is -0.397 e. The number of hydrogen-bond acceptors (Lipinski definition) is 5. The third-order valence-corrected chi connectivity index (χ3v) is 2.48. The molecule has 0 radical (unpaired) electrons. The maximum absolute atomic E-state index is 10.9. The molecular formula is C11H17N3O3. The van der Waals surface area contributed by atoms with Crippen LogP contribution in [0.15, 0.2) is 12.1 Å². The zero-order valence-electron chi connectivity index (χ0n) is 9.81. The van der Waals surface area contributed by atoms with E-state index >= 15 is 0 Å². The molecule has 1 rings (SSSR count). The molecule has 0 heterocycles. The van der Waals surface area contributed by atoms with Crippen molar-refractivity contribution in [1.29, 1.82) is 0 Å². The first-order valence-corrected chi connectivity index (χ1v) is 5.46. The fraction of sp³-hybridized carbons (Fsp3) is 0.455. The van der Waals surface area contributed by atoms with Crippen molar-refractivity contribution in [1.82, 2.24) is 0 Å². The Balaban J connectivity index is 2.86. The van der Waals surface area contributed by atoms with Gasteiger partial charge in [-0.2, -0.15) is 0 Å². The molecule has 6 heteroatoms. The number of nitro groups is 1. The summed E-state index contributed by atoms with van der Waals surface area (Å²) in [6.07, 6.45) is 1.18. The molecule has 0 aliphatic carbocycles. The molecule has 4 N–H and O–H groups in total. The summed E-state index contributed by atoms with van der Waals surface area (Å²) in [7, 11) is 0. The van der Waals surface area contributed by atoms with Gasteiger partial charge in [0.25, 0.3) is 5.69 Å². The van der Waals surface area contributed by atoms with E-state index in [0.717, 1.165) is 0 Å². The van der Waals surface area contributed by atoms with Gasteiger partial charge in [-0.15, -0.1) is 0 Å². The highest BCUT2D eigenvalue weighted by Gasteiger charge is 2.17. The number of benzene rings is 1. The van der Waals surface area contributed by atoms with Crippen molar-refractivity contribution >= 4 is 17.1 Å². The first-order valence-electron chi connectivity index (χ1n) is 5.46. The monoisotopic (exact) mass is 239 g/mol. The lowest BCUT2D eigenvalue weighted by molar-refractivity contribution is -0.385. The van der Waals surface area contributed by atoms with E-state index in [1.54, 1.807) is 0 Å². The number of anilines is 2. The van der Waals surface area contributed by atoms with Crippen molar-refractivity contribution in [3.63, 3.8) is 0 Å². The van der Waals surface area contributed by atoms with Crippen LogP contribution in [0.4, 0.5) is 17.1 Å². The molecule has 94 valence electrons. The Morgan fingerprint density at radius 3 is 2.71 bits per heavy atom. The van der Waals surface area contributed by atoms with Gasteiger partial charge in [0.1, 0.15) is 0 Å². The number of ether oxygens (including phenoxy) is 1. The van der Waals surface area contributed by atoms with Gasteiger partial charge < -0.3 is 16.2 Å². The van der Waals surface area contributed by atoms with Crippen molar-refractivity contribution in [3.05, 3.63) is 27.8 Å². The van der Waals surface area contributed by atoms with Crippen molar-refractivity contribution in [2.75, 3.05) is 24.7 Å². The number of nitro benzene ring substituents is 1. The third kappa shape index (κ3) is 3.32. The summed E-state index contributed by atoms with van der Waals surface area (Å²) in [6, 6.07) is 2.85. The molecule has 0 fully saturated rings. The summed E-state index contributed by atoms with van der Waals surface area (Å²) in [4.78, 5) is 10.4. The number of hydrogen-bond donors (Lipinski definition) is 2. The lowest BCUT2D eigenvalue weighted by Crippen LogP contribution is -2.05. The van der Waals surface area contributed by atoms with Crippen LogP contribution >= 0.6 is 0 Å². The van der Waals surface area contributed by atoms with E-state index in [-0.39, 0.29) is 5.69 Å². The summed E-state index contributed by atoms with van der Waals surface area (Å²) < 4.78 is 5.18. The van der Waals surface area contributed by atoms with Gasteiger partial charge in [0.2, 0.25) is 0 Å². The van der Waals surface area contributed by atoms with Crippen LogP contribution in [-0.4, -0.2) is 18.1 Å². The average Bonchev–Trinajstić information content (AvgIpc) is 2.29. The van der Waals surface area contributed by atoms with Gasteiger partial charge in [0.05, 0.1) is 21.9 Å². The Morgan fingerprint density at radius 1 is 1.41 bits per heavy atom. The first kappa shape index (κ1) is 13.2. The highest BCUT2D eigenvalue weighted by atomic mass is 16.6. The normalized spacial score (nSPS) is 10.4. The van der Waals surface area contributed by atoms with Crippen molar-refractivity contribution in [2.24, 2.45) is 0 Å². The summed E-state index contributed by atoms with van der Waals surface area (Å²) in [5, 5.41) is 10.9. The highest BCUT2D eigenvalue weighted by Crippen LogP contribution is 2.30. The minimum atomic E-state index is -0.439. The molecule has 0 amide bonds. The largest absolute Gasteiger partial charge is 0.397 e. The second kappa shape index (κ2) is 6.05. The summed E-state index contributed by atoms with van der Waals surface area (Å²) >= 11 is 0. The molecule has 0 aliphatic rings. The van der Waals surface area contributed by atoms with Gasteiger partial charge in [0, 0.05) is 19.3 Å². The fourth-order valence-corrected chi connectivity index (χ4v) is 1.60. The van der Waals surface area contributed by atoms with E-state index in [0.29, 0.717) is 43.0 Å². The summed E-state index contributed by atoms with van der Waals surface area (Å²) in [6.45, 7) is 3.09. The lowest BCUT2D eigenvalue weighted by Gasteiger charge is -2.09. The second-order valence-electron chi connectivity index (χ2n) is 3.62. The van der Waals surface area contributed by atoms with E-state index in [1.807, 2.05) is 6.92 Å². The minimum absolute atomic E-state index is 0.0215. The molecule has 0 saturated heterocycles. The van der Waals surface area contributed by atoms with Crippen molar-refractivity contribution < 1.29 is 9.66 Å². The van der Waals surface area contributed by atoms with Crippen LogP contribution < -0.4 is 11.5 Å². The Kier molecular flexibility index (Phi) is 4.71.